The Kier molecular flexibility index (Phi) is 6.91. The number of nitrogens with two attached hydrogens (primary N) is 1. The zero-order chi connectivity index (χ0) is 27.3. The van der Waals surface area contributed by atoms with Crippen molar-refractivity contribution in [2.75, 3.05) is 35.1 Å². The number of aliphatic hydroxyl groups is 1. The van der Waals surface area contributed by atoms with E-state index < -0.39 is 34.2 Å². The molecular formula is C26H35F2N5O4S. The maximum atomic E-state index is 13.8. The highest BCUT2D eigenvalue weighted by Gasteiger charge is 2.45. The van der Waals surface area contributed by atoms with E-state index in [1.807, 2.05) is 6.92 Å². The number of primary amides is 1. The van der Waals surface area contributed by atoms with Crippen LogP contribution in [0.2, 0.25) is 0 Å². The number of aryl methyl sites for hydroxylation is 1. The number of nitrogens with zero attached hydrogens (tertiary/aromatic N) is 3. The van der Waals surface area contributed by atoms with E-state index in [1.165, 1.54) is 25.0 Å². The van der Waals surface area contributed by atoms with Crippen molar-refractivity contribution in [1.82, 2.24) is 9.78 Å². The summed E-state index contributed by atoms with van der Waals surface area (Å²) < 4.78 is 57.3. The SMILES string of the molecule is Cc1cc(-c2c(NS(=O)(=O)CCO)ccc(C(N)=O)c2N2CCC3(CC2)CC3)nn1C1CCC(F)(F)CC1. The van der Waals surface area contributed by atoms with Gasteiger partial charge in [-0.05, 0) is 69.1 Å². The molecule has 4 N–H and O–H groups in total. The van der Waals surface area contributed by atoms with E-state index in [9.17, 15) is 27.1 Å². The number of amides is 1. The van der Waals surface area contributed by atoms with E-state index >= 15 is 0 Å². The minimum atomic E-state index is -3.89. The van der Waals surface area contributed by atoms with Gasteiger partial charge in [0.25, 0.3) is 5.91 Å². The molecule has 3 fully saturated rings. The highest BCUT2D eigenvalue weighted by molar-refractivity contribution is 7.92. The van der Waals surface area contributed by atoms with E-state index in [2.05, 4.69) is 9.62 Å². The lowest BCUT2D eigenvalue weighted by atomic mass is 9.91. The molecule has 5 rings (SSSR count). The zero-order valence-electron chi connectivity index (χ0n) is 21.5. The van der Waals surface area contributed by atoms with Gasteiger partial charge in [0, 0.05) is 31.6 Å². The van der Waals surface area contributed by atoms with Crippen molar-refractivity contribution >= 4 is 27.3 Å². The van der Waals surface area contributed by atoms with Crippen LogP contribution >= 0.6 is 0 Å². The van der Waals surface area contributed by atoms with Crippen LogP contribution in [0.15, 0.2) is 18.2 Å². The third-order valence-corrected chi connectivity index (χ3v) is 9.63. The summed E-state index contributed by atoms with van der Waals surface area (Å²) in [6, 6.07) is 4.61. The molecule has 2 aromatic rings. The van der Waals surface area contributed by atoms with Crippen molar-refractivity contribution in [3.8, 4) is 11.3 Å². The van der Waals surface area contributed by atoms with Crippen LogP contribution in [0.3, 0.4) is 0 Å². The molecule has 0 atom stereocenters. The second-order valence-corrected chi connectivity index (χ2v) is 12.9. The number of anilines is 2. The monoisotopic (exact) mass is 551 g/mol. The number of carbonyl (C=O) groups excluding carboxylic acids is 1. The van der Waals surface area contributed by atoms with E-state index in [4.69, 9.17) is 10.8 Å². The second kappa shape index (κ2) is 9.78. The molecule has 1 aromatic heterocycles. The summed E-state index contributed by atoms with van der Waals surface area (Å²) in [4.78, 5) is 14.7. The molecule has 2 heterocycles. The van der Waals surface area contributed by atoms with Crippen LogP contribution < -0.4 is 15.4 Å². The summed E-state index contributed by atoms with van der Waals surface area (Å²) in [7, 11) is -3.89. The topological polar surface area (TPSA) is 131 Å². The first-order valence-corrected chi connectivity index (χ1v) is 14.9. The highest BCUT2D eigenvalue weighted by atomic mass is 32.2. The van der Waals surface area contributed by atoms with Crippen molar-refractivity contribution in [2.45, 2.75) is 70.3 Å². The summed E-state index contributed by atoms with van der Waals surface area (Å²) in [5.74, 6) is -3.80. The third-order valence-electron chi connectivity index (χ3n) is 8.38. The first kappa shape index (κ1) is 26.9. The van der Waals surface area contributed by atoms with E-state index in [-0.39, 0.29) is 43.0 Å². The van der Waals surface area contributed by atoms with Gasteiger partial charge in [-0.3, -0.25) is 14.2 Å². The molecule has 2 saturated carbocycles. The summed E-state index contributed by atoms with van der Waals surface area (Å²) >= 11 is 0. The highest BCUT2D eigenvalue weighted by Crippen LogP contribution is 2.55. The van der Waals surface area contributed by atoms with E-state index in [1.54, 1.807) is 10.7 Å². The third kappa shape index (κ3) is 5.38. The number of carbonyl (C=O) groups is 1. The number of aromatic nitrogens is 2. The number of piperidine rings is 1. The van der Waals surface area contributed by atoms with Crippen molar-refractivity contribution in [1.29, 1.82) is 0 Å². The summed E-state index contributed by atoms with van der Waals surface area (Å²) in [5, 5.41) is 14.1. The van der Waals surface area contributed by atoms with Gasteiger partial charge in [0.05, 0.1) is 46.6 Å². The number of rotatable bonds is 8. The van der Waals surface area contributed by atoms with Crippen molar-refractivity contribution in [2.24, 2.45) is 11.1 Å². The average molecular weight is 552 g/mol. The number of hydrogen-bond acceptors (Lipinski definition) is 6. The van der Waals surface area contributed by atoms with Crippen molar-refractivity contribution < 1.29 is 27.1 Å². The predicted octanol–water partition coefficient (Wildman–Crippen LogP) is 3.82. The number of sulfonamides is 1. The minimum Gasteiger partial charge on any atom is -0.395 e. The van der Waals surface area contributed by atoms with Gasteiger partial charge in [-0.2, -0.15) is 5.10 Å². The fourth-order valence-corrected chi connectivity index (χ4v) is 6.78. The van der Waals surface area contributed by atoms with Gasteiger partial charge in [0.15, 0.2) is 0 Å². The molecule has 38 heavy (non-hydrogen) atoms. The molecule has 1 aromatic carbocycles. The Balaban J connectivity index is 1.62. The van der Waals surface area contributed by atoms with Gasteiger partial charge in [-0.15, -0.1) is 0 Å². The molecule has 208 valence electrons. The number of benzene rings is 1. The van der Waals surface area contributed by atoms with Crippen LogP contribution in [0.5, 0.6) is 0 Å². The largest absolute Gasteiger partial charge is 0.395 e. The summed E-state index contributed by atoms with van der Waals surface area (Å²) in [6.07, 6.45) is 4.47. The lowest BCUT2D eigenvalue weighted by Gasteiger charge is -2.36. The summed E-state index contributed by atoms with van der Waals surface area (Å²) in [5.41, 5.74) is 8.81. The molecule has 2 aliphatic carbocycles. The van der Waals surface area contributed by atoms with Crippen molar-refractivity contribution in [3.05, 3.63) is 29.5 Å². The number of nitrogens with one attached hydrogen (secondary N) is 1. The normalized spacial score (nSPS) is 21.0. The Morgan fingerprint density at radius 1 is 1.16 bits per heavy atom. The fourth-order valence-electron chi connectivity index (χ4n) is 5.93. The Labute approximate surface area is 221 Å². The van der Waals surface area contributed by atoms with Gasteiger partial charge >= 0.3 is 0 Å². The molecule has 0 unspecified atom stereocenters. The minimum absolute atomic E-state index is 0.203. The zero-order valence-corrected chi connectivity index (χ0v) is 22.4. The Hall–Kier alpha value is -2.73. The van der Waals surface area contributed by atoms with Crippen LogP contribution in [-0.2, 0) is 10.0 Å². The van der Waals surface area contributed by atoms with Crippen LogP contribution in [0, 0.1) is 12.3 Å². The standard InChI is InChI=1S/C26H35F2N5O4S/c1-17-16-21(30-33(17)18-4-6-26(27,28)7-5-18)22-20(31-38(36,37)15-14-34)3-2-19(24(29)35)23(22)32-12-10-25(8-9-25)11-13-32/h2-3,16,18,31,34H,4-15H2,1H3,(H2,29,35). The molecule has 1 saturated heterocycles. The first-order valence-electron chi connectivity index (χ1n) is 13.2. The van der Waals surface area contributed by atoms with Crippen LogP contribution in [0.25, 0.3) is 11.3 Å². The summed E-state index contributed by atoms with van der Waals surface area (Å²) in [6.45, 7) is 2.68. The lowest BCUT2D eigenvalue weighted by Crippen LogP contribution is -2.36. The van der Waals surface area contributed by atoms with Crippen molar-refractivity contribution in [3.63, 3.8) is 0 Å². The Bertz CT molecular complexity index is 1320. The van der Waals surface area contributed by atoms with Crippen LogP contribution in [0.4, 0.5) is 20.2 Å². The van der Waals surface area contributed by atoms with Gasteiger partial charge in [-0.1, -0.05) is 0 Å². The Morgan fingerprint density at radius 3 is 2.39 bits per heavy atom. The molecule has 0 radical (unpaired) electrons. The van der Waals surface area contributed by atoms with Gasteiger partial charge < -0.3 is 15.7 Å². The van der Waals surface area contributed by atoms with Crippen LogP contribution in [0.1, 0.15) is 73.5 Å². The van der Waals surface area contributed by atoms with Crippen LogP contribution in [-0.4, -0.2) is 60.6 Å². The second-order valence-electron chi connectivity index (χ2n) is 11.1. The maximum absolute atomic E-state index is 13.8. The molecular weight excluding hydrogens is 516 g/mol. The molecule has 1 aliphatic heterocycles. The first-order chi connectivity index (χ1) is 17.9. The van der Waals surface area contributed by atoms with Gasteiger partial charge in [0.2, 0.25) is 15.9 Å². The molecule has 1 amide bonds. The maximum Gasteiger partial charge on any atom is 0.250 e. The Morgan fingerprint density at radius 2 is 1.82 bits per heavy atom. The quantitative estimate of drug-likeness (QED) is 0.457. The number of halogens is 2. The molecule has 9 nitrogen and oxygen atoms in total. The molecule has 1 spiro atoms. The van der Waals surface area contributed by atoms with Gasteiger partial charge in [0.1, 0.15) is 0 Å². The molecule has 3 aliphatic rings. The molecule has 12 heteroatoms. The lowest BCUT2D eigenvalue weighted by molar-refractivity contribution is -0.0451. The predicted molar refractivity (Wildman–Crippen MR) is 141 cm³/mol. The van der Waals surface area contributed by atoms with E-state index in [0.717, 1.165) is 18.5 Å². The van der Waals surface area contributed by atoms with E-state index in [0.29, 0.717) is 35.4 Å². The molecule has 0 bridgehead atoms. The fraction of sp³-hybridized carbons (Fsp3) is 0.615. The number of hydrogen-bond donors (Lipinski definition) is 3. The number of aliphatic hydroxyl groups excluding tert-OH is 1. The number of alkyl halides is 2. The smallest absolute Gasteiger partial charge is 0.250 e. The average Bonchev–Trinajstić information content (AvgIpc) is 3.49. The van der Waals surface area contributed by atoms with Gasteiger partial charge in [-0.25, -0.2) is 17.2 Å².